The van der Waals surface area contributed by atoms with E-state index in [1.807, 2.05) is 6.79 Å². The Bertz CT molecular complexity index is 6.00. The second kappa shape index (κ2) is 138. The Morgan fingerprint density at radius 1 is 1.25 bits per heavy atom. The molecule has 2 nitrogen and oxygen atoms in total. The maximum absolute atomic E-state index is 8.00. The molecule has 31 valence electrons. The predicted molar refractivity (Wildman–Crippen MR) is 10.7 cm³/mol. The Balaban J connectivity index is -0.00000000500. The summed E-state index contributed by atoms with van der Waals surface area (Å²) in [7, 11) is 0. The van der Waals surface area contributed by atoms with E-state index in [1.165, 1.54) is 0 Å². The van der Waals surface area contributed by atoms with Crippen LogP contribution in [0.4, 0.5) is 0 Å². The molecule has 0 saturated heterocycles. The van der Waals surface area contributed by atoms with Gasteiger partial charge in [0.05, 0.1) is 0 Å². The Morgan fingerprint density at radius 2 is 1.25 bits per heavy atom. The van der Waals surface area contributed by atoms with E-state index >= 15 is 0 Å². The fourth-order valence-corrected chi connectivity index (χ4v) is 0. The summed E-state index contributed by atoms with van der Waals surface area (Å²) in [5.41, 5.74) is 0. The molecule has 0 amide bonds. The van der Waals surface area contributed by atoms with Crippen molar-refractivity contribution < 1.29 is 32.7 Å². The second-order valence-electron chi connectivity index (χ2n) is 0. The van der Waals surface area contributed by atoms with Crippen molar-refractivity contribution in [2.45, 2.75) is 0 Å². The molecule has 0 aromatic carbocycles. The Hall–Kier alpha value is 0.370. The Kier molecular flexibility index (Phi) is 913. The molecule has 0 atom stereocenters. The summed E-state index contributed by atoms with van der Waals surface area (Å²) in [5.74, 6) is 0. The third-order valence-corrected chi connectivity index (χ3v) is 0. The third kappa shape index (κ3) is 32.5. The first-order valence-electron chi connectivity index (χ1n) is 0.289. The summed E-state index contributed by atoms with van der Waals surface area (Å²) in [6.07, 6.45) is 0. The van der Waals surface area contributed by atoms with Crippen LogP contribution in [0.2, 0.25) is 0 Å². The molecular formula is CH4AuO2. The summed E-state index contributed by atoms with van der Waals surface area (Å²) >= 11 is 0. The molecule has 0 spiro atoms. The van der Waals surface area contributed by atoms with Crippen molar-refractivity contribution in [2.75, 3.05) is 0 Å². The first kappa shape index (κ1) is 26.4. The number of hydrogen-bond donors (Lipinski definition) is 0. The molecule has 0 aliphatic heterocycles. The van der Waals surface area contributed by atoms with Gasteiger partial charge in [0.15, 0.2) is 0 Å². The molecular weight excluding hydrogens is 241 g/mol. The van der Waals surface area contributed by atoms with Gasteiger partial charge in [-0.2, -0.15) is 0 Å². The average molecular weight is 245 g/mol. The summed E-state index contributed by atoms with van der Waals surface area (Å²) in [6.45, 7) is 2.00. The van der Waals surface area contributed by atoms with Gasteiger partial charge in [0.1, 0.15) is 6.79 Å². The van der Waals surface area contributed by atoms with Gasteiger partial charge in [0.2, 0.25) is 0 Å². The smallest absolute Gasteiger partial charge is 0.106 e. The van der Waals surface area contributed by atoms with Crippen LogP contribution >= 0.6 is 0 Å². The molecule has 0 unspecified atom stereocenters. The Morgan fingerprint density at radius 3 is 1.25 bits per heavy atom. The number of carbonyl (C=O) groups is 1. The zero-order valence-electron chi connectivity index (χ0n) is 1.92. The average Bonchev–Trinajstić information content (AvgIpc) is 1.00. The zero-order valence-corrected chi connectivity index (χ0v) is 4.08. The van der Waals surface area contributed by atoms with E-state index < -0.39 is 0 Å². The maximum atomic E-state index is 8.00. The van der Waals surface area contributed by atoms with Crippen LogP contribution in [0.1, 0.15) is 0 Å². The third-order valence-electron chi connectivity index (χ3n) is 0. The Labute approximate surface area is 40.0 Å². The van der Waals surface area contributed by atoms with Gasteiger partial charge in [-0.25, -0.2) is 0 Å². The van der Waals surface area contributed by atoms with Crippen molar-refractivity contribution in [2.24, 2.45) is 0 Å². The number of carbonyl (C=O) groups excluding carboxylic acids is 1. The van der Waals surface area contributed by atoms with Gasteiger partial charge in [0.25, 0.3) is 0 Å². The normalized spacial score (nSPS) is 1.00. The SMILES string of the molecule is C=O.O.[Au]. The van der Waals surface area contributed by atoms with Crippen LogP contribution in [0.25, 0.3) is 0 Å². The monoisotopic (exact) mass is 245 g/mol. The van der Waals surface area contributed by atoms with E-state index in [1.54, 1.807) is 0 Å². The van der Waals surface area contributed by atoms with Crippen LogP contribution in [0.5, 0.6) is 0 Å². The van der Waals surface area contributed by atoms with Crippen molar-refractivity contribution in [1.82, 2.24) is 0 Å². The molecule has 0 heterocycles. The van der Waals surface area contributed by atoms with Gasteiger partial charge < -0.3 is 10.3 Å². The molecule has 4 heavy (non-hydrogen) atoms. The standard InChI is InChI=1S/CH2O.Au.H2O/c1-2;;/h1H2;;1H2. The van der Waals surface area contributed by atoms with Crippen molar-refractivity contribution in [3.8, 4) is 0 Å². The van der Waals surface area contributed by atoms with Crippen LogP contribution in [0.15, 0.2) is 0 Å². The van der Waals surface area contributed by atoms with Gasteiger partial charge in [-0.3, -0.25) is 0 Å². The van der Waals surface area contributed by atoms with Gasteiger partial charge in [-0.15, -0.1) is 0 Å². The molecule has 2 N–H and O–H groups in total. The maximum Gasteiger partial charge on any atom is 0.106 e. The van der Waals surface area contributed by atoms with Crippen LogP contribution in [-0.4, -0.2) is 12.3 Å². The predicted octanol–water partition coefficient (Wildman–Crippen LogP) is -1.01. The van der Waals surface area contributed by atoms with Crippen molar-refractivity contribution in [3.05, 3.63) is 0 Å². The quantitative estimate of drug-likeness (QED) is 0.504. The van der Waals surface area contributed by atoms with Crippen molar-refractivity contribution in [3.63, 3.8) is 0 Å². The summed E-state index contributed by atoms with van der Waals surface area (Å²) in [5, 5.41) is 0. The minimum Gasteiger partial charge on any atom is -0.412 e. The molecule has 0 saturated carbocycles. The van der Waals surface area contributed by atoms with Crippen LogP contribution in [0, 0.1) is 0 Å². The summed E-state index contributed by atoms with van der Waals surface area (Å²) in [4.78, 5) is 8.00. The van der Waals surface area contributed by atoms with E-state index in [4.69, 9.17) is 4.79 Å². The molecule has 0 bridgehead atoms. The minimum atomic E-state index is 0. The summed E-state index contributed by atoms with van der Waals surface area (Å²) < 4.78 is 0. The molecule has 0 aromatic rings. The van der Waals surface area contributed by atoms with Gasteiger partial charge in [-0.1, -0.05) is 0 Å². The minimum absolute atomic E-state index is 0. The number of hydrogen-bond acceptors (Lipinski definition) is 1. The van der Waals surface area contributed by atoms with Gasteiger partial charge >= 0.3 is 0 Å². The van der Waals surface area contributed by atoms with Crippen molar-refractivity contribution in [1.29, 1.82) is 0 Å². The van der Waals surface area contributed by atoms with E-state index in [9.17, 15) is 0 Å². The molecule has 0 fully saturated rings. The van der Waals surface area contributed by atoms with E-state index in [0.29, 0.717) is 0 Å². The van der Waals surface area contributed by atoms with Gasteiger partial charge in [-0.05, 0) is 0 Å². The number of rotatable bonds is 0. The van der Waals surface area contributed by atoms with Crippen LogP contribution in [-0.2, 0) is 27.2 Å². The topological polar surface area (TPSA) is 48.6 Å². The fourth-order valence-electron chi connectivity index (χ4n) is 0. The molecule has 0 rings (SSSR count). The van der Waals surface area contributed by atoms with Crippen molar-refractivity contribution >= 4 is 6.79 Å². The summed E-state index contributed by atoms with van der Waals surface area (Å²) in [6, 6.07) is 0. The van der Waals surface area contributed by atoms with Crippen LogP contribution < -0.4 is 0 Å². The zero-order chi connectivity index (χ0) is 2.00. The molecule has 0 aromatic heterocycles. The van der Waals surface area contributed by atoms with Gasteiger partial charge in [0, 0.05) is 22.4 Å². The first-order chi connectivity index (χ1) is 1.00. The molecule has 0 aliphatic carbocycles. The van der Waals surface area contributed by atoms with E-state index in [0.717, 1.165) is 0 Å². The van der Waals surface area contributed by atoms with Crippen LogP contribution in [0.3, 0.4) is 0 Å². The fraction of sp³-hybridized carbons (Fsp3) is 0. The second-order valence-corrected chi connectivity index (χ2v) is 0. The molecule has 0 aliphatic rings. The molecule has 1 radical (unpaired) electrons. The van der Waals surface area contributed by atoms with E-state index in [-0.39, 0.29) is 27.9 Å². The molecule has 3 heteroatoms. The first-order valence-corrected chi connectivity index (χ1v) is 0.289. The van der Waals surface area contributed by atoms with E-state index in [2.05, 4.69) is 0 Å². The largest absolute Gasteiger partial charge is 0.412 e.